The van der Waals surface area contributed by atoms with Gasteiger partial charge in [-0.15, -0.1) is 0 Å². The second kappa shape index (κ2) is 6.64. The first-order valence-electron chi connectivity index (χ1n) is 8.89. The summed E-state index contributed by atoms with van der Waals surface area (Å²) < 4.78 is 2.25. The smallest absolute Gasteiger partial charge is 0.150 e. The summed E-state index contributed by atoms with van der Waals surface area (Å²) in [5.74, 6) is 0.285. The molecule has 1 heterocycles. The van der Waals surface area contributed by atoms with Crippen molar-refractivity contribution < 1.29 is 4.79 Å². The normalized spacial score (nSPS) is 12.2. The third-order valence-electron chi connectivity index (χ3n) is 5.15. The van der Waals surface area contributed by atoms with Gasteiger partial charge in [0, 0.05) is 28.8 Å². The van der Waals surface area contributed by atoms with Gasteiger partial charge in [0.15, 0.2) is 0 Å². The van der Waals surface area contributed by atoms with Crippen molar-refractivity contribution in [3.8, 4) is 5.69 Å². The van der Waals surface area contributed by atoms with Crippen LogP contribution in [0, 0.1) is 6.92 Å². The number of benzene rings is 3. The van der Waals surface area contributed by atoms with Crippen LogP contribution in [-0.2, 0) is 0 Å². The molecule has 0 aliphatic rings. The van der Waals surface area contributed by atoms with Crippen LogP contribution in [0.15, 0.2) is 79.0 Å². The van der Waals surface area contributed by atoms with Gasteiger partial charge in [0.2, 0.25) is 0 Å². The van der Waals surface area contributed by atoms with Gasteiger partial charge in [-0.3, -0.25) is 4.79 Å². The summed E-state index contributed by atoms with van der Waals surface area (Å²) in [4.78, 5) is 10.8. The van der Waals surface area contributed by atoms with Crippen LogP contribution in [0.5, 0.6) is 0 Å². The fourth-order valence-electron chi connectivity index (χ4n) is 3.54. The van der Waals surface area contributed by atoms with Crippen molar-refractivity contribution in [1.29, 1.82) is 0 Å². The number of aryl methyl sites for hydroxylation is 1. The first-order chi connectivity index (χ1) is 12.7. The summed E-state index contributed by atoms with van der Waals surface area (Å²) in [7, 11) is 0. The lowest BCUT2D eigenvalue weighted by atomic mass is 9.92. The Labute approximate surface area is 153 Å². The van der Waals surface area contributed by atoms with E-state index >= 15 is 0 Å². The molecule has 0 amide bonds. The molecule has 26 heavy (non-hydrogen) atoms. The third kappa shape index (κ3) is 2.84. The van der Waals surface area contributed by atoms with Crippen molar-refractivity contribution in [2.45, 2.75) is 19.8 Å². The maximum atomic E-state index is 10.8. The van der Waals surface area contributed by atoms with E-state index in [0.29, 0.717) is 5.56 Å². The predicted molar refractivity (Wildman–Crippen MR) is 107 cm³/mol. The van der Waals surface area contributed by atoms with Crippen molar-refractivity contribution in [2.24, 2.45) is 0 Å². The minimum atomic E-state index is 0.285. The average Bonchev–Trinajstić information content (AvgIpc) is 3.05. The van der Waals surface area contributed by atoms with E-state index in [4.69, 9.17) is 0 Å². The Hall–Kier alpha value is -3.13. The van der Waals surface area contributed by atoms with Crippen molar-refractivity contribution >= 4 is 17.2 Å². The summed E-state index contributed by atoms with van der Waals surface area (Å²) in [6.07, 6.45) is 3.08. The summed E-state index contributed by atoms with van der Waals surface area (Å²) in [6.45, 7) is 4.35. The topological polar surface area (TPSA) is 22.0 Å². The number of fused-ring (bicyclic) bond motifs is 1. The van der Waals surface area contributed by atoms with Gasteiger partial charge in [0.1, 0.15) is 6.29 Å². The molecule has 0 saturated heterocycles. The molecule has 0 radical (unpaired) electrons. The molecular weight excluding hydrogens is 318 g/mol. The number of hydrogen-bond acceptors (Lipinski definition) is 1. The molecule has 0 bridgehead atoms. The van der Waals surface area contributed by atoms with E-state index in [1.807, 2.05) is 24.3 Å². The van der Waals surface area contributed by atoms with Crippen LogP contribution in [0.1, 0.15) is 39.9 Å². The van der Waals surface area contributed by atoms with E-state index in [2.05, 4.69) is 73.1 Å². The van der Waals surface area contributed by atoms with Crippen LogP contribution in [0.4, 0.5) is 0 Å². The SMILES string of the molecule is Cc1cn(-c2ccc([C@H](C)c3ccc(C=O)cc3)cc2)c2ccccc12. The van der Waals surface area contributed by atoms with Crippen LogP contribution in [0.2, 0.25) is 0 Å². The number of nitrogens with zero attached hydrogens (tertiary/aromatic N) is 1. The van der Waals surface area contributed by atoms with E-state index in [-0.39, 0.29) is 5.92 Å². The van der Waals surface area contributed by atoms with E-state index in [1.165, 1.54) is 33.3 Å². The largest absolute Gasteiger partial charge is 0.316 e. The lowest BCUT2D eigenvalue weighted by molar-refractivity contribution is 0.112. The Morgan fingerprint density at radius 1 is 0.846 bits per heavy atom. The Bertz CT molecular complexity index is 1060. The van der Waals surface area contributed by atoms with Crippen LogP contribution in [0.3, 0.4) is 0 Å². The lowest BCUT2D eigenvalue weighted by Gasteiger charge is -2.14. The molecule has 0 fully saturated rings. The van der Waals surface area contributed by atoms with Gasteiger partial charge in [-0.25, -0.2) is 0 Å². The molecule has 1 aromatic heterocycles. The van der Waals surface area contributed by atoms with Gasteiger partial charge in [-0.2, -0.15) is 0 Å². The molecule has 4 aromatic rings. The molecule has 2 nitrogen and oxygen atoms in total. The Kier molecular flexibility index (Phi) is 4.18. The molecule has 128 valence electrons. The monoisotopic (exact) mass is 339 g/mol. The van der Waals surface area contributed by atoms with Crippen LogP contribution < -0.4 is 0 Å². The number of carbonyl (C=O) groups is 1. The van der Waals surface area contributed by atoms with Crippen LogP contribution >= 0.6 is 0 Å². The number of para-hydroxylation sites is 1. The zero-order valence-corrected chi connectivity index (χ0v) is 15.0. The minimum Gasteiger partial charge on any atom is -0.316 e. The zero-order chi connectivity index (χ0) is 18.1. The van der Waals surface area contributed by atoms with Gasteiger partial charge in [-0.05, 0) is 41.8 Å². The van der Waals surface area contributed by atoms with Crippen molar-refractivity contribution in [3.05, 3.63) is 101 Å². The highest BCUT2D eigenvalue weighted by Crippen LogP contribution is 2.28. The highest BCUT2D eigenvalue weighted by molar-refractivity contribution is 5.85. The van der Waals surface area contributed by atoms with E-state index < -0.39 is 0 Å². The van der Waals surface area contributed by atoms with Gasteiger partial charge in [0.25, 0.3) is 0 Å². The predicted octanol–water partition coefficient (Wildman–Crippen LogP) is 5.90. The maximum Gasteiger partial charge on any atom is 0.150 e. The number of rotatable bonds is 4. The van der Waals surface area contributed by atoms with E-state index in [0.717, 1.165) is 6.29 Å². The zero-order valence-electron chi connectivity index (χ0n) is 15.0. The molecule has 2 heteroatoms. The Morgan fingerprint density at radius 2 is 1.46 bits per heavy atom. The van der Waals surface area contributed by atoms with Gasteiger partial charge < -0.3 is 4.57 Å². The van der Waals surface area contributed by atoms with Crippen LogP contribution in [0.25, 0.3) is 16.6 Å². The molecule has 0 aliphatic heterocycles. The molecular formula is C24H21NO. The number of carbonyl (C=O) groups excluding carboxylic acids is 1. The molecule has 0 aliphatic carbocycles. The summed E-state index contributed by atoms with van der Waals surface area (Å²) in [5.41, 5.74) is 6.88. The van der Waals surface area contributed by atoms with E-state index in [9.17, 15) is 4.79 Å². The number of hydrogen-bond donors (Lipinski definition) is 0. The fraction of sp³-hybridized carbons (Fsp3) is 0.125. The number of aldehydes is 1. The minimum absolute atomic E-state index is 0.285. The van der Waals surface area contributed by atoms with Crippen LogP contribution in [-0.4, -0.2) is 10.9 Å². The lowest BCUT2D eigenvalue weighted by Crippen LogP contribution is -1.98. The molecule has 3 aromatic carbocycles. The summed E-state index contributed by atoms with van der Waals surface area (Å²) in [6, 6.07) is 25.1. The second-order valence-corrected chi connectivity index (χ2v) is 6.80. The molecule has 4 rings (SSSR count). The van der Waals surface area contributed by atoms with Gasteiger partial charge in [0.05, 0.1) is 5.52 Å². The molecule has 0 unspecified atom stereocenters. The van der Waals surface area contributed by atoms with Gasteiger partial charge >= 0.3 is 0 Å². The first kappa shape index (κ1) is 16.3. The quantitative estimate of drug-likeness (QED) is 0.424. The summed E-state index contributed by atoms with van der Waals surface area (Å²) >= 11 is 0. The maximum absolute atomic E-state index is 10.8. The summed E-state index contributed by atoms with van der Waals surface area (Å²) in [5, 5.41) is 1.29. The highest BCUT2D eigenvalue weighted by atomic mass is 16.1. The molecule has 1 atom stereocenters. The second-order valence-electron chi connectivity index (χ2n) is 6.80. The number of aromatic nitrogens is 1. The van der Waals surface area contributed by atoms with Crippen molar-refractivity contribution in [2.75, 3.05) is 0 Å². The fourth-order valence-corrected chi connectivity index (χ4v) is 3.54. The standard InChI is InChI=1S/C24H21NO/c1-17-15-25(24-6-4-3-5-23(17)24)22-13-11-21(12-14-22)18(2)20-9-7-19(16-26)8-10-20/h3-16,18H,1-2H3/t18-/m1/s1. The molecule has 0 N–H and O–H groups in total. The molecule has 0 spiro atoms. The average molecular weight is 339 g/mol. The Balaban J connectivity index is 1.66. The van der Waals surface area contributed by atoms with Crippen molar-refractivity contribution in [3.63, 3.8) is 0 Å². The molecule has 0 saturated carbocycles. The third-order valence-corrected chi connectivity index (χ3v) is 5.15. The van der Waals surface area contributed by atoms with Crippen molar-refractivity contribution in [1.82, 2.24) is 4.57 Å². The Morgan fingerprint density at radius 3 is 2.12 bits per heavy atom. The highest BCUT2D eigenvalue weighted by Gasteiger charge is 2.10. The van der Waals surface area contributed by atoms with E-state index in [1.54, 1.807) is 0 Å². The first-order valence-corrected chi connectivity index (χ1v) is 8.89. The van der Waals surface area contributed by atoms with Gasteiger partial charge in [-0.1, -0.05) is 61.5 Å².